The van der Waals surface area contributed by atoms with E-state index in [-0.39, 0.29) is 17.1 Å². The van der Waals surface area contributed by atoms with Gasteiger partial charge >= 0.3 is 0 Å². The van der Waals surface area contributed by atoms with Gasteiger partial charge in [0.25, 0.3) is 0 Å². The summed E-state index contributed by atoms with van der Waals surface area (Å²) >= 11 is 0. The van der Waals surface area contributed by atoms with E-state index < -0.39 is 10.0 Å². The summed E-state index contributed by atoms with van der Waals surface area (Å²) in [5, 5.41) is 8.54. The van der Waals surface area contributed by atoms with Gasteiger partial charge < -0.3 is 5.73 Å². The number of nitrogens with one attached hydrogen (secondary N) is 1. The molecule has 1 heterocycles. The Labute approximate surface area is 148 Å². The number of hydrogen-bond acceptors (Lipinski definition) is 5. The van der Waals surface area contributed by atoms with Gasteiger partial charge in [-0.15, -0.1) is 0 Å². The average molecular weight is 358 g/mol. The molecule has 2 rings (SSSR count). The molecule has 0 radical (unpaired) electrons. The van der Waals surface area contributed by atoms with Gasteiger partial charge in [-0.05, 0) is 43.5 Å². The van der Waals surface area contributed by atoms with Gasteiger partial charge in [-0.3, -0.25) is 4.98 Å². The highest BCUT2D eigenvalue weighted by Crippen LogP contribution is 2.16. The van der Waals surface area contributed by atoms with Crippen LogP contribution in [0.3, 0.4) is 0 Å². The number of nitriles is 1. The van der Waals surface area contributed by atoms with Crippen LogP contribution in [0.15, 0.2) is 47.4 Å². The molecule has 0 spiro atoms. The zero-order chi connectivity index (χ0) is 18.1. The Bertz CT molecular complexity index is 844. The zero-order valence-corrected chi connectivity index (χ0v) is 14.8. The van der Waals surface area contributed by atoms with Crippen LogP contribution in [0, 0.1) is 11.3 Å². The van der Waals surface area contributed by atoms with Crippen molar-refractivity contribution in [1.29, 1.82) is 5.26 Å². The summed E-state index contributed by atoms with van der Waals surface area (Å²) in [6.07, 6.45) is 3.66. The number of nitrogens with two attached hydrogens (primary N) is 1. The molecule has 0 saturated carbocycles. The summed E-state index contributed by atoms with van der Waals surface area (Å²) in [7, 11) is -3.63. The van der Waals surface area contributed by atoms with Gasteiger partial charge in [-0.25, -0.2) is 13.1 Å². The van der Waals surface area contributed by atoms with Crippen LogP contribution in [-0.4, -0.2) is 19.9 Å². The van der Waals surface area contributed by atoms with Crippen LogP contribution in [0.5, 0.6) is 0 Å². The van der Waals surface area contributed by atoms with Gasteiger partial charge in [0.2, 0.25) is 10.0 Å². The average Bonchev–Trinajstić information content (AvgIpc) is 2.59. The topological polar surface area (TPSA) is 109 Å². The number of pyridine rings is 1. The van der Waals surface area contributed by atoms with Crippen molar-refractivity contribution < 1.29 is 8.42 Å². The van der Waals surface area contributed by atoms with E-state index in [0.29, 0.717) is 12.8 Å². The molecule has 0 aliphatic heterocycles. The normalized spacial score (nSPS) is 11.2. The fourth-order valence-corrected chi connectivity index (χ4v) is 3.60. The van der Waals surface area contributed by atoms with Crippen molar-refractivity contribution in [3.63, 3.8) is 0 Å². The molecule has 0 amide bonds. The molecule has 132 valence electrons. The number of nitrogen functional groups attached to an aromatic ring is 1. The van der Waals surface area contributed by atoms with E-state index in [2.05, 4.69) is 15.8 Å². The third kappa shape index (κ3) is 5.85. The first-order valence-electron chi connectivity index (χ1n) is 8.19. The number of aromatic nitrogens is 1. The number of unbranched alkanes of at least 4 members (excludes halogenated alkanes) is 2. The first-order chi connectivity index (χ1) is 12.0. The van der Waals surface area contributed by atoms with Gasteiger partial charge in [-0.2, -0.15) is 5.26 Å². The van der Waals surface area contributed by atoms with E-state index in [4.69, 9.17) is 11.0 Å². The van der Waals surface area contributed by atoms with Crippen LogP contribution in [-0.2, 0) is 22.9 Å². The Balaban J connectivity index is 1.89. The van der Waals surface area contributed by atoms with Gasteiger partial charge in [0.1, 0.15) is 4.90 Å². The number of sulfonamides is 1. The maximum Gasteiger partial charge on any atom is 0.242 e. The maximum atomic E-state index is 12.3. The maximum absolute atomic E-state index is 12.3. The highest BCUT2D eigenvalue weighted by Gasteiger charge is 2.16. The Morgan fingerprint density at radius 3 is 2.48 bits per heavy atom. The standard InChI is InChI=1S/C18H22N4O2S/c19-13-5-1-2-7-15-8-6-9-16(22-15)12-14-21-25(23,24)18-11-4-3-10-17(18)20/h3-4,6,8-11,21H,1-2,5,7,12,14,20H2. The zero-order valence-electron chi connectivity index (χ0n) is 14.0. The van der Waals surface area contributed by atoms with Crippen LogP contribution in [0.1, 0.15) is 30.7 Å². The molecular weight excluding hydrogens is 336 g/mol. The van der Waals surface area contributed by atoms with Crippen LogP contribution >= 0.6 is 0 Å². The van der Waals surface area contributed by atoms with E-state index in [1.807, 2.05) is 18.2 Å². The van der Waals surface area contributed by atoms with Crippen molar-refractivity contribution in [3.8, 4) is 6.07 Å². The molecule has 0 fully saturated rings. The van der Waals surface area contributed by atoms with Crippen molar-refractivity contribution in [2.45, 2.75) is 37.0 Å². The van der Waals surface area contributed by atoms with Crippen LogP contribution in [0.2, 0.25) is 0 Å². The van der Waals surface area contributed by atoms with E-state index in [9.17, 15) is 8.42 Å². The Morgan fingerprint density at radius 1 is 1.04 bits per heavy atom. The number of hydrogen-bond donors (Lipinski definition) is 2. The Kier molecular flexibility index (Phi) is 6.92. The van der Waals surface area contributed by atoms with Crippen molar-refractivity contribution in [1.82, 2.24) is 9.71 Å². The smallest absolute Gasteiger partial charge is 0.242 e. The number of rotatable bonds is 9. The number of nitrogens with zero attached hydrogens (tertiary/aromatic N) is 2. The largest absolute Gasteiger partial charge is 0.398 e. The molecule has 2 aromatic rings. The fourth-order valence-electron chi connectivity index (χ4n) is 2.43. The monoisotopic (exact) mass is 358 g/mol. The first-order valence-corrected chi connectivity index (χ1v) is 9.67. The van der Waals surface area contributed by atoms with E-state index in [1.165, 1.54) is 6.07 Å². The van der Waals surface area contributed by atoms with E-state index >= 15 is 0 Å². The number of anilines is 1. The Hall–Kier alpha value is -2.43. The summed E-state index contributed by atoms with van der Waals surface area (Å²) in [6, 6.07) is 14.3. The first kappa shape index (κ1) is 18.9. The Morgan fingerprint density at radius 2 is 1.76 bits per heavy atom. The summed E-state index contributed by atoms with van der Waals surface area (Å²) < 4.78 is 27.1. The molecular formula is C18H22N4O2S. The highest BCUT2D eigenvalue weighted by atomic mass is 32.2. The predicted octanol–water partition coefficient (Wildman–Crippen LogP) is 2.42. The number of aryl methyl sites for hydroxylation is 1. The van der Waals surface area contributed by atoms with Crippen LogP contribution < -0.4 is 10.5 Å². The second-order valence-electron chi connectivity index (χ2n) is 5.67. The quantitative estimate of drug-likeness (QED) is 0.528. The molecule has 0 aliphatic carbocycles. The molecule has 0 atom stereocenters. The van der Waals surface area contributed by atoms with E-state index in [1.54, 1.807) is 18.2 Å². The molecule has 1 aromatic carbocycles. The molecule has 0 unspecified atom stereocenters. The highest BCUT2D eigenvalue weighted by molar-refractivity contribution is 7.89. The van der Waals surface area contributed by atoms with Gasteiger partial charge in [-0.1, -0.05) is 18.2 Å². The lowest BCUT2D eigenvalue weighted by molar-refractivity contribution is 0.581. The SMILES string of the molecule is N#CCCCCc1cccc(CCNS(=O)(=O)c2ccccc2N)n1. The third-order valence-electron chi connectivity index (χ3n) is 3.72. The second kappa shape index (κ2) is 9.16. The van der Waals surface area contributed by atoms with Crippen molar-refractivity contribution in [2.24, 2.45) is 0 Å². The molecule has 25 heavy (non-hydrogen) atoms. The molecule has 7 heteroatoms. The van der Waals surface area contributed by atoms with Crippen molar-refractivity contribution in [3.05, 3.63) is 53.9 Å². The summed E-state index contributed by atoms with van der Waals surface area (Å²) in [5.74, 6) is 0. The van der Waals surface area contributed by atoms with Gasteiger partial charge in [0, 0.05) is 30.8 Å². The lowest BCUT2D eigenvalue weighted by Gasteiger charge is -2.09. The number of benzene rings is 1. The minimum absolute atomic E-state index is 0.0919. The minimum atomic E-state index is -3.63. The van der Waals surface area contributed by atoms with Crippen LogP contribution in [0.4, 0.5) is 5.69 Å². The lowest BCUT2D eigenvalue weighted by atomic mass is 10.1. The molecule has 0 saturated heterocycles. The third-order valence-corrected chi connectivity index (χ3v) is 5.25. The van der Waals surface area contributed by atoms with E-state index in [0.717, 1.165) is 30.7 Å². The second-order valence-corrected chi connectivity index (χ2v) is 7.41. The van der Waals surface area contributed by atoms with Gasteiger partial charge in [0.05, 0.1) is 11.8 Å². The predicted molar refractivity (Wildman–Crippen MR) is 97.2 cm³/mol. The number of para-hydroxylation sites is 1. The van der Waals surface area contributed by atoms with Crippen LogP contribution in [0.25, 0.3) is 0 Å². The molecule has 6 nitrogen and oxygen atoms in total. The summed E-state index contributed by atoms with van der Waals surface area (Å²) in [6.45, 7) is 0.252. The lowest BCUT2D eigenvalue weighted by Crippen LogP contribution is -2.27. The molecule has 0 bridgehead atoms. The van der Waals surface area contributed by atoms with Crippen molar-refractivity contribution in [2.75, 3.05) is 12.3 Å². The summed E-state index contributed by atoms with van der Waals surface area (Å²) in [5.41, 5.74) is 7.75. The molecule has 1 aromatic heterocycles. The van der Waals surface area contributed by atoms with Gasteiger partial charge in [0.15, 0.2) is 0 Å². The molecule has 0 aliphatic rings. The molecule has 3 N–H and O–H groups in total. The summed E-state index contributed by atoms with van der Waals surface area (Å²) in [4.78, 5) is 4.63. The fraction of sp³-hybridized carbons (Fsp3) is 0.333. The van der Waals surface area contributed by atoms with Crippen molar-refractivity contribution >= 4 is 15.7 Å². The minimum Gasteiger partial charge on any atom is -0.398 e.